The van der Waals surface area contributed by atoms with E-state index < -0.39 is 0 Å². The summed E-state index contributed by atoms with van der Waals surface area (Å²) in [6.45, 7) is 5.32. The molecule has 1 amide bonds. The minimum atomic E-state index is -0.142. The topological polar surface area (TPSA) is 57.3 Å². The van der Waals surface area contributed by atoms with E-state index in [4.69, 9.17) is 11.6 Å². The molecule has 0 saturated heterocycles. The highest BCUT2D eigenvalue weighted by Crippen LogP contribution is 2.14. The molecule has 1 aromatic rings. The second-order valence-corrected chi connectivity index (χ2v) is 5.00. The van der Waals surface area contributed by atoms with Crippen LogP contribution in [0.4, 0.5) is 5.82 Å². The van der Waals surface area contributed by atoms with Gasteiger partial charge in [-0.3, -0.25) is 4.79 Å². The average Bonchev–Trinajstić information content (AvgIpc) is 2.35. The standard InChI is InChI=1S/C13H21ClN4O/c1-5-15-12-7-10(6-11(14)17-12)13(19)16-8-9(2)18(3)4/h6-7,9H,5,8H2,1-4H3,(H,15,17)(H,16,19). The normalized spacial score (nSPS) is 12.3. The van der Waals surface area contributed by atoms with Gasteiger partial charge in [-0.2, -0.15) is 0 Å². The summed E-state index contributed by atoms with van der Waals surface area (Å²) in [4.78, 5) is 18.2. The van der Waals surface area contributed by atoms with E-state index in [1.54, 1.807) is 12.1 Å². The molecular weight excluding hydrogens is 264 g/mol. The van der Waals surface area contributed by atoms with Crippen LogP contribution in [0.25, 0.3) is 0 Å². The lowest BCUT2D eigenvalue weighted by Gasteiger charge is -2.20. The fourth-order valence-corrected chi connectivity index (χ4v) is 1.63. The first-order valence-corrected chi connectivity index (χ1v) is 6.68. The van der Waals surface area contributed by atoms with E-state index in [1.165, 1.54) is 0 Å². The van der Waals surface area contributed by atoms with Crippen LogP contribution in [0.1, 0.15) is 24.2 Å². The third kappa shape index (κ3) is 5.04. The molecule has 106 valence electrons. The van der Waals surface area contributed by atoms with Gasteiger partial charge in [0.05, 0.1) is 0 Å². The fourth-order valence-electron chi connectivity index (χ4n) is 1.42. The Labute approximate surface area is 119 Å². The van der Waals surface area contributed by atoms with Crippen LogP contribution < -0.4 is 10.6 Å². The molecule has 0 radical (unpaired) electrons. The molecule has 0 spiro atoms. The van der Waals surface area contributed by atoms with Gasteiger partial charge in [0.25, 0.3) is 5.91 Å². The van der Waals surface area contributed by atoms with Crippen molar-refractivity contribution in [2.24, 2.45) is 0 Å². The number of aromatic nitrogens is 1. The SMILES string of the molecule is CCNc1cc(C(=O)NCC(C)N(C)C)cc(Cl)n1. The van der Waals surface area contributed by atoms with Crippen LogP contribution in [0.15, 0.2) is 12.1 Å². The zero-order chi connectivity index (χ0) is 14.4. The molecule has 2 N–H and O–H groups in total. The molecule has 1 rings (SSSR count). The molecule has 6 heteroatoms. The summed E-state index contributed by atoms with van der Waals surface area (Å²) in [6.07, 6.45) is 0. The molecular formula is C13H21ClN4O. The molecule has 0 aliphatic carbocycles. The van der Waals surface area contributed by atoms with Crippen molar-refractivity contribution in [1.29, 1.82) is 0 Å². The Hall–Kier alpha value is -1.33. The molecule has 0 bridgehead atoms. The third-order valence-corrected chi connectivity index (χ3v) is 3.05. The van der Waals surface area contributed by atoms with Gasteiger partial charge in [-0.1, -0.05) is 11.6 Å². The number of likely N-dealkylation sites (N-methyl/N-ethyl adjacent to an activating group) is 1. The number of rotatable bonds is 6. The van der Waals surface area contributed by atoms with E-state index >= 15 is 0 Å². The Morgan fingerprint density at radius 3 is 2.74 bits per heavy atom. The molecule has 1 atom stereocenters. The second-order valence-electron chi connectivity index (χ2n) is 4.62. The van der Waals surface area contributed by atoms with Gasteiger partial charge < -0.3 is 15.5 Å². The van der Waals surface area contributed by atoms with Crippen molar-refractivity contribution in [2.75, 3.05) is 32.5 Å². The summed E-state index contributed by atoms with van der Waals surface area (Å²) < 4.78 is 0. The first-order valence-electron chi connectivity index (χ1n) is 6.30. The van der Waals surface area contributed by atoms with Crippen LogP contribution in [0.5, 0.6) is 0 Å². The second kappa shape index (κ2) is 7.31. The zero-order valence-corrected chi connectivity index (χ0v) is 12.6. The van der Waals surface area contributed by atoms with E-state index in [-0.39, 0.29) is 11.9 Å². The highest BCUT2D eigenvalue weighted by Gasteiger charge is 2.11. The maximum Gasteiger partial charge on any atom is 0.251 e. The van der Waals surface area contributed by atoms with Gasteiger partial charge in [-0.25, -0.2) is 4.98 Å². The third-order valence-electron chi connectivity index (χ3n) is 2.85. The maximum atomic E-state index is 12.0. The Morgan fingerprint density at radius 1 is 1.47 bits per heavy atom. The number of nitrogens with one attached hydrogen (secondary N) is 2. The van der Waals surface area contributed by atoms with E-state index in [9.17, 15) is 4.79 Å². The molecule has 0 aromatic carbocycles. The number of hydrogen-bond acceptors (Lipinski definition) is 4. The Kier molecular flexibility index (Phi) is 6.05. The van der Waals surface area contributed by atoms with Crippen molar-refractivity contribution in [3.63, 3.8) is 0 Å². The highest BCUT2D eigenvalue weighted by molar-refractivity contribution is 6.29. The number of halogens is 1. The van der Waals surface area contributed by atoms with Gasteiger partial charge >= 0.3 is 0 Å². The van der Waals surface area contributed by atoms with Gasteiger partial charge in [-0.05, 0) is 40.1 Å². The van der Waals surface area contributed by atoms with E-state index in [2.05, 4.69) is 15.6 Å². The minimum absolute atomic E-state index is 0.142. The molecule has 0 fully saturated rings. The maximum absolute atomic E-state index is 12.0. The quantitative estimate of drug-likeness (QED) is 0.783. The van der Waals surface area contributed by atoms with Gasteiger partial charge in [0.1, 0.15) is 11.0 Å². The summed E-state index contributed by atoms with van der Waals surface area (Å²) in [7, 11) is 3.95. The van der Waals surface area contributed by atoms with Gasteiger partial charge in [0.2, 0.25) is 0 Å². The average molecular weight is 285 g/mol. The lowest BCUT2D eigenvalue weighted by molar-refractivity contribution is 0.0943. The molecule has 1 heterocycles. The Bertz CT molecular complexity index is 437. The molecule has 0 saturated carbocycles. The summed E-state index contributed by atoms with van der Waals surface area (Å²) in [5.74, 6) is 0.470. The molecule has 0 aliphatic heterocycles. The Morgan fingerprint density at radius 2 is 2.16 bits per heavy atom. The summed E-state index contributed by atoms with van der Waals surface area (Å²) in [6, 6.07) is 3.54. The number of carbonyl (C=O) groups is 1. The summed E-state index contributed by atoms with van der Waals surface area (Å²) >= 11 is 5.90. The van der Waals surface area contributed by atoms with Crippen LogP contribution in [-0.4, -0.2) is 49.0 Å². The minimum Gasteiger partial charge on any atom is -0.370 e. The largest absolute Gasteiger partial charge is 0.370 e. The van der Waals surface area contributed by atoms with E-state index in [1.807, 2.05) is 32.8 Å². The highest BCUT2D eigenvalue weighted by atomic mass is 35.5. The number of carbonyl (C=O) groups excluding carboxylic acids is 1. The van der Waals surface area contributed by atoms with Crippen molar-refractivity contribution in [3.8, 4) is 0 Å². The van der Waals surface area contributed by atoms with Gasteiger partial charge in [0, 0.05) is 24.7 Å². The van der Waals surface area contributed by atoms with Crippen molar-refractivity contribution < 1.29 is 4.79 Å². The predicted molar refractivity (Wildman–Crippen MR) is 78.9 cm³/mol. The zero-order valence-electron chi connectivity index (χ0n) is 11.8. The monoisotopic (exact) mass is 284 g/mol. The number of anilines is 1. The predicted octanol–water partition coefficient (Wildman–Crippen LogP) is 1.85. The molecule has 1 unspecified atom stereocenters. The van der Waals surface area contributed by atoms with Crippen LogP contribution in [-0.2, 0) is 0 Å². The van der Waals surface area contributed by atoms with Crippen molar-refractivity contribution in [1.82, 2.24) is 15.2 Å². The van der Waals surface area contributed by atoms with Crippen LogP contribution in [0.3, 0.4) is 0 Å². The van der Waals surface area contributed by atoms with Gasteiger partial charge in [-0.15, -0.1) is 0 Å². The molecule has 1 aromatic heterocycles. The molecule has 19 heavy (non-hydrogen) atoms. The number of amides is 1. The number of nitrogens with zero attached hydrogens (tertiary/aromatic N) is 2. The van der Waals surface area contributed by atoms with E-state index in [0.717, 1.165) is 6.54 Å². The summed E-state index contributed by atoms with van der Waals surface area (Å²) in [5, 5.41) is 6.23. The van der Waals surface area contributed by atoms with E-state index in [0.29, 0.717) is 23.1 Å². The lowest BCUT2D eigenvalue weighted by Crippen LogP contribution is -2.38. The number of hydrogen-bond donors (Lipinski definition) is 2. The van der Waals surface area contributed by atoms with Crippen molar-refractivity contribution in [2.45, 2.75) is 19.9 Å². The Balaban J connectivity index is 2.71. The summed E-state index contributed by atoms with van der Waals surface area (Å²) in [5.41, 5.74) is 0.516. The lowest BCUT2D eigenvalue weighted by atomic mass is 10.2. The van der Waals surface area contributed by atoms with Crippen LogP contribution >= 0.6 is 11.6 Å². The van der Waals surface area contributed by atoms with Crippen LogP contribution in [0, 0.1) is 0 Å². The smallest absolute Gasteiger partial charge is 0.251 e. The first kappa shape index (κ1) is 15.7. The number of pyridine rings is 1. The molecule has 0 aliphatic rings. The fraction of sp³-hybridized carbons (Fsp3) is 0.538. The van der Waals surface area contributed by atoms with Crippen molar-refractivity contribution in [3.05, 3.63) is 22.8 Å². The van der Waals surface area contributed by atoms with Crippen molar-refractivity contribution >= 4 is 23.3 Å². The van der Waals surface area contributed by atoms with Crippen LogP contribution in [0.2, 0.25) is 5.15 Å². The van der Waals surface area contributed by atoms with Gasteiger partial charge in [0.15, 0.2) is 0 Å². The molecule has 5 nitrogen and oxygen atoms in total. The first-order chi connectivity index (χ1) is 8.93.